The van der Waals surface area contributed by atoms with Gasteiger partial charge in [0.15, 0.2) is 5.78 Å². The van der Waals surface area contributed by atoms with Crippen molar-refractivity contribution in [2.45, 2.75) is 24.7 Å². The van der Waals surface area contributed by atoms with Crippen molar-refractivity contribution in [1.82, 2.24) is 0 Å². The Kier molecular flexibility index (Phi) is 1.84. The Morgan fingerprint density at radius 3 is 2.85 bits per heavy atom. The van der Waals surface area contributed by atoms with Crippen LogP contribution in [-0.4, -0.2) is 10.9 Å². The third kappa shape index (κ3) is 1.15. The van der Waals surface area contributed by atoms with Crippen LogP contribution in [0.4, 0.5) is 0 Å². The van der Waals surface area contributed by atoms with Gasteiger partial charge >= 0.3 is 0 Å². The standard InChI is InChI=1S/C10H10O2S/c1-5-4-8(13)10(12)9-6(5)2-3-7(9)11/h4,12-13H,2-3H2,1H3. The third-order valence-electron chi connectivity index (χ3n) is 2.49. The highest BCUT2D eigenvalue weighted by Gasteiger charge is 2.25. The molecule has 0 radical (unpaired) electrons. The molecule has 0 amide bonds. The molecule has 2 rings (SSSR count). The van der Waals surface area contributed by atoms with Gasteiger partial charge in [0.2, 0.25) is 0 Å². The van der Waals surface area contributed by atoms with E-state index in [1.807, 2.05) is 6.92 Å². The van der Waals surface area contributed by atoms with Crippen molar-refractivity contribution in [1.29, 1.82) is 0 Å². The Bertz CT molecular complexity index is 396. The average molecular weight is 194 g/mol. The molecule has 1 aromatic rings. The van der Waals surface area contributed by atoms with Crippen LogP contribution in [0, 0.1) is 6.92 Å². The van der Waals surface area contributed by atoms with Crippen LogP contribution in [0.25, 0.3) is 0 Å². The fourth-order valence-electron chi connectivity index (χ4n) is 1.81. The molecule has 1 aromatic carbocycles. The number of benzene rings is 1. The van der Waals surface area contributed by atoms with Crippen molar-refractivity contribution in [3.8, 4) is 5.75 Å². The maximum absolute atomic E-state index is 11.4. The third-order valence-corrected chi connectivity index (χ3v) is 2.83. The molecule has 0 atom stereocenters. The number of thiol groups is 1. The van der Waals surface area contributed by atoms with E-state index in [4.69, 9.17) is 0 Å². The van der Waals surface area contributed by atoms with Crippen molar-refractivity contribution >= 4 is 18.4 Å². The SMILES string of the molecule is Cc1cc(S)c(O)c2c1CCC2=O. The molecule has 68 valence electrons. The topological polar surface area (TPSA) is 37.3 Å². The number of Topliss-reactive ketones (excluding diaryl/α,β-unsaturated/α-hetero) is 1. The van der Waals surface area contributed by atoms with Gasteiger partial charge < -0.3 is 5.11 Å². The number of phenolic OH excluding ortho intramolecular Hbond substituents is 1. The second-order valence-electron chi connectivity index (χ2n) is 3.34. The first-order valence-electron chi connectivity index (χ1n) is 4.19. The number of rotatable bonds is 0. The Morgan fingerprint density at radius 1 is 1.46 bits per heavy atom. The normalized spacial score (nSPS) is 14.8. The molecular weight excluding hydrogens is 184 g/mol. The van der Waals surface area contributed by atoms with E-state index in [0.29, 0.717) is 16.9 Å². The predicted octanol–water partition coefficient (Wildman–Crippen LogP) is 2.12. The van der Waals surface area contributed by atoms with Gasteiger partial charge in [-0.25, -0.2) is 0 Å². The van der Waals surface area contributed by atoms with Gasteiger partial charge in [-0.1, -0.05) is 0 Å². The smallest absolute Gasteiger partial charge is 0.167 e. The van der Waals surface area contributed by atoms with Gasteiger partial charge in [-0.2, -0.15) is 0 Å². The van der Waals surface area contributed by atoms with Crippen LogP contribution in [0.15, 0.2) is 11.0 Å². The van der Waals surface area contributed by atoms with E-state index < -0.39 is 0 Å². The lowest BCUT2D eigenvalue weighted by Crippen LogP contribution is -1.94. The van der Waals surface area contributed by atoms with Crippen molar-refractivity contribution in [3.05, 3.63) is 22.8 Å². The van der Waals surface area contributed by atoms with Gasteiger partial charge in [0.1, 0.15) is 5.75 Å². The van der Waals surface area contributed by atoms with E-state index in [1.165, 1.54) is 0 Å². The van der Waals surface area contributed by atoms with E-state index in [0.717, 1.165) is 17.5 Å². The number of ketones is 1. The molecule has 0 heterocycles. The monoisotopic (exact) mass is 194 g/mol. The van der Waals surface area contributed by atoms with E-state index >= 15 is 0 Å². The summed E-state index contributed by atoms with van der Waals surface area (Å²) in [6.07, 6.45) is 1.27. The maximum atomic E-state index is 11.4. The van der Waals surface area contributed by atoms with Crippen molar-refractivity contribution in [2.24, 2.45) is 0 Å². The minimum Gasteiger partial charge on any atom is -0.506 e. The van der Waals surface area contributed by atoms with Crippen LogP contribution in [0.5, 0.6) is 5.75 Å². The van der Waals surface area contributed by atoms with E-state index in [2.05, 4.69) is 12.6 Å². The Hall–Kier alpha value is -0.960. The highest BCUT2D eigenvalue weighted by molar-refractivity contribution is 7.80. The van der Waals surface area contributed by atoms with E-state index in [-0.39, 0.29) is 11.5 Å². The summed E-state index contributed by atoms with van der Waals surface area (Å²) in [5.74, 6) is 0.0814. The largest absolute Gasteiger partial charge is 0.506 e. The number of phenols is 1. The number of hydrogen-bond acceptors (Lipinski definition) is 3. The summed E-state index contributed by atoms with van der Waals surface area (Å²) < 4.78 is 0. The summed E-state index contributed by atoms with van der Waals surface area (Å²) in [5.41, 5.74) is 2.52. The molecule has 1 aliphatic rings. The minimum atomic E-state index is 0.0338. The maximum Gasteiger partial charge on any atom is 0.167 e. The van der Waals surface area contributed by atoms with Crippen LogP contribution in [0.3, 0.4) is 0 Å². The molecular formula is C10H10O2S. The predicted molar refractivity (Wildman–Crippen MR) is 52.7 cm³/mol. The molecule has 0 aromatic heterocycles. The lowest BCUT2D eigenvalue weighted by molar-refractivity contribution is 0.0992. The van der Waals surface area contributed by atoms with Gasteiger partial charge in [-0.05, 0) is 30.5 Å². The molecule has 2 nitrogen and oxygen atoms in total. The summed E-state index contributed by atoms with van der Waals surface area (Å²) in [4.78, 5) is 11.9. The molecule has 1 N–H and O–H groups in total. The van der Waals surface area contributed by atoms with Crippen LogP contribution in [-0.2, 0) is 6.42 Å². The van der Waals surface area contributed by atoms with Crippen LogP contribution < -0.4 is 0 Å². The molecule has 0 unspecified atom stereocenters. The quantitative estimate of drug-likeness (QED) is 0.621. The van der Waals surface area contributed by atoms with Crippen molar-refractivity contribution in [2.75, 3.05) is 0 Å². The van der Waals surface area contributed by atoms with Crippen LogP contribution >= 0.6 is 12.6 Å². The van der Waals surface area contributed by atoms with Gasteiger partial charge in [0, 0.05) is 11.3 Å². The van der Waals surface area contributed by atoms with Crippen LogP contribution in [0.2, 0.25) is 0 Å². The molecule has 0 spiro atoms. The fourth-order valence-corrected chi connectivity index (χ4v) is 2.12. The zero-order chi connectivity index (χ0) is 9.59. The molecule has 3 heteroatoms. The number of carbonyl (C=O) groups is 1. The number of fused-ring (bicyclic) bond motifs is 1. The second-order valence-corrected chi connectivity index (χ2v) is 3.82. The molecule has 0 saturated heterocycles. The number of aryl methyl sites for hydroxylation is 1. The summed E-state index contributed by atoms with van der Waals surface area (Å²) in [5, 5.41) is 9.62. The van der Waals surface area contributed by atoms with E-state index in [1.54, 1.807) is 6.07 Å². The molecule has 0 fully saturated rings. The first-order valence-corrected chi connectivity index (χ1v) is 4.63. The fraction of sp³-hybridized carbons (Fsp3) is 0.300. The van der Waals surface area contributed by atoms with Gasteiger partial charge in [0.05, 0.1) is 5.56 Å². The minimum absolute atomic E-state index is 0.0338. The zero-order valence-electron chi connectivity index (χ0n) is 7.29. The molecule has 0 saturated carbocycles. The summed E-state index contributed by atoms with van der Waals surface area (Å²) in [6, 6.07) is 1.80. The highest BCUT2D eigenvalue weighted by Crippen LogP contribution is 2.36. The van der Waals surface area contributed by atoms with Gasteiger partial charge in [-0.15, -0.1) is 12.6 Å². The number of hydrogen-bond donors (Lipinski definition) is 2. The second kappa shape index (κ2) is 2.77. The Labute approximate surface area is 82.0 Å². The molecule has 0 aliphatic heterocycles. The molecule has 1 aliphatic carbocycles. The summed E-state index contributed by atoms with van der Waals surface area (Å²) >= 11 is 4.10. The zero-order valence-corrected chi connectivity index (χ0v) is 8.19. The lowest BCUT2D eigenvalue weighted by atomic mass is 10.0. The first-order chi connectivity index (χ1) is 6.11. The molecule has 13 heavy (non-hydrogen) atoms. The van der Waals surface area contributed by atoms with Crippen LogP contribution in [0.1, 0.15) is 27.9 Å². The van der Waals surface area contributed by atoms with Gasteiger partial charge in [0.25, 0.3) is 0 Å². The number of carbonyl (C=O) groups excluding carboxylic acids is 1. The first kappa shape index (κ1) is 8.63. The van der Waals surface area contributed by atoms with E-state index in [9.17, 15) is 9.90 Å². The summed E-state index contributed by atoms with van der Waals surface area (Å²) in [6.45, 7) is 1.94. The molecule has 0 bridgehead atoms. The Balaban J connectivity index is 2.77. The average Bonchev–Trinajstić information content (AvgIpc) is 2.44. The van der Waals surface area contributed by atoms with Crippen molar-refractivity contribution < 1.29 is 9.90 Å². The Morgan fingerprint density at radius 2 is 2.15 bits per heavy atom. The highest BCUT2D eigenvalue weighted by atomic mass is 32.1. The summed E-state index contributed by atoms with van der Waals surface area (Å²) in [7, 11) is 0. The lowest BCUT2D eigenvalue weighted by Gasteiger charge is -2.07. The number of aromatic hydroxyl groups is 1. The van der Waals surface area contributed by atoms with Crippen molar-refractivity contribution in [3.63, 3.8) is 0 Å². The van der Waals surface area contributed by atoms with Gasteiger partial charge in [-0.3, -0.25) is 4.79 Å².